The smallest absolute Gasteiger partial charge is 0.327 e. The Balaban J connectivity index is 1.83. The van der Waals surface area contributed by atoms with Crippen molar-refractivity contribution in [2.24, 2.45) is 0 Å². The molecule has 3 rings (SSSR count). The van der Waals surface area contributed by atoms with Crippen LogP contribution in [0.2, 0.25) is 0 Å². The van der Waals surface area contributed by atoms with Gasteiger partial charge < -0.3 is 10.0 Å². The maximum atomic E-state index is 12.6. The third-order valence-electron chi connectivity index (χ3n) is 4.08. The minimum absolute atomic E-state index is 0.0657. The van der Waals surface area contributed by atoms with Gasteiger partial charge in [0.15, 0.2) is 0 Å². The van der Waals surface area contributed by atoms with Gasteiger partial charge in [-0.15, -0.1) is 0 Å². The van der Waals surface area contributed by atoms with Crippen LogP contribution in [0, 0.1) is 0 Å². The molecule has 1 atom stereocenters. The van der Waals surface area contributed by atoms with E-state index >= 15 is 0 Å². The molecule has 0 spiro atoms. The Morgan fingerprint density at radius 1 is 1.13 bits per heavy atom. The van der Waals surface area contributed by atoms with E-state index in [0.29, 0.717) is 0 Å². The standard InChI is InChI=1S/C14H17N3O5S/c18-9-8-17-13(19)12-10-15(6-7-16(12)14(17)20)23(21,22)11-4-2-1-3-5-11/h1-5,12,18H,6-10H2/t12-/m1/s1. The number of hydrogen-bond acceptors (Lipinski definition) is 5. The molecule has 0 aliphatic carbocycles. The predicted octanol–water partition coefficient (Wildman–Crippen LogP) is -0.684. The molecule has 2 heterocycles. The molecule has 2 saturated heterocycles. The van der Waals surface area contributed by atoms with E-state index in [9.17, 15) is 18.0 Å². The zero-order valence-corrected chi connectivity index (χ0v) is 13.1. The first-order valence-electron chi connectivity index (χ1n) is 7.25. The first-order valence-corrected chi connectivity index (χ1v) is 8.69. The van der Waals surface area contributed by atoms with Crippen molar-refractivity contribution in [1.82, 2.24) is 14.1 Å². The van der Waals surface area contributed by atoms with Gasteiger partial charge in [0.2, 0.25) is 10.0 Å². The average molecular weight is 339 g/mol. The molecule has 8 nitrogen and oxygen atoms in total. The Labute approximate surface area is 133 Å². The van der Waals surface area contributed by atoms with Crippen molar-refractivity contribution in [3.63, 3.8) is 0 Å². The summed E-state index contributed by atoms with van der Waals surface area (Å²) in [7, 11) is -3.70. The van der Waals surface area contributed by atoms with Crippen molar-refractivity contribution >= 4 is 22.0 Å². The van der Waals surface area contributed by atoms with E-state index in [1.807, 2.05) is 0 Å². The molecule has 3 amide bonds. The first kappa shape index (κ1) is 15.9. The van der Waals surface area contributed by atoms with E-state index in [1.165, 1.54) is 21.3 Å². The summed E-state index contributed by atoms with van der Waals surface area (Å²) >= 11 is 0. The molecule has 0 unspecified atom stereocenters. The Morgan fingerprint density at radius 2 is 1.83 bits per heavy atom. The van der Waals surface area contributed by atoms with Crippen LogP contribution in [0.5, 0.6) is 0 Å². The largest absolute Gasteiger partial charge is 0.395 e. The predicted molar refractivity (Wildman–Crippen MR) is 79.9 cm³/mol. The number of β-amino-alcohol motifs (C(OH)–C–C–N with tert-alkyl or cyclic N) is 1. The average Bonchev–Trinajstić information content (AvgIpc) is 2.81. The summed E-state index contributed by atoms with van der Waals surface area (Å²) < 4.78 is 26.5. The number of urea groups is 1. The molecule has 1 aromatic carbocycles. The van der Waals surface area contributed by atoms with Crippen molar-refractivity contribution in [2.75, 3.05) is 32.8 Å². The number of piperazine rings is 1. The number of nitrogens with zero attached hydrogens (tertiary/aromatic N) is 3. The summed E-state index contributed by atoms with van der Waals surface area (Å²) in [5, 5.41) is 8.95. The molecule has 0 aromatic heterocycles. The van der Waals surface area contributed by atoms with Gasteiger partial charge in [-0.25, -0.2) is 13.2 Å². The molecule has 1 N–H and O–H groups in total. The SMILES string of the molecule is O=C1[C@H]2CN(S(=O)(=O)c3ccccc3)CCN2C(=O)N1CCO. The van der Waals surface area contributed by atoms with Gasteiger partial charge in [-0.2, -0.15) is 4.31 Å². The monoisotopic (exact) mass is 339 g/mol. The minimum atomic E-state index is -3.70. The van der Waals surface area contributed by atoms with Gasteiger partial charge >= 0.3 is 6.03 Å². The fourth-order valence-electron chi connectivity index (χ4n) is 2.89. The number of carbonyl (C=O) groups is 2. The third-order valence-corrected chi connectivity index (χ3v) is 5.95. The topological polar surface area (TPSA) is 98.2 Å². The van der Waals surface area contributed by atoms with Gasteiger partial charge in [-0.1, -0.05) is 18.2 Å². The minimum Gasteiger partial charge on any atom is -0.395 e. The van der Waals surface area contributed by atoms with Crippen molar-refractivity contribution < 1.29 is 23.1 Å². The highest BCUT2D eigenvalue weighted by atomic mass is 32.2. The zero-order chi connectivity index (χ0) is 16.6. The summed E-state index contributed by atoms with van der Waals surface area (Å²) in [4.78, 5) is 26.9. The molecule has 2 aliphatic heterocycles. The molecule has 0 radical (unpaired) electrons. The highest BCUT2D eigenvalue weighted by molar-refractivity contribution is 7.89. The van der Waals surface area contributed by atoms with Crippen LogP contribution in [0.25, 0.3) is 0 Å². The van der Waals surface area contributed by atoms with Crippen molar-refractivity contribution in [3.8, 4) is 0 Å². The lowest BCUT2D eigenvalue weighted by Gasteiger charge is -2.34. The van der Waals surface area contributed by atoms with Gasteiger partial charge in [0.05, 0.1) is 18.0 Å². The lowest BCUT2D eigenvalue weighted by Crippen LogP contribution is -2.54. The molecule has 124 valence electrons. The highest BCUT2D eigenvalue weighted by Crippen LogP contribution is 2.25. The zero-order valence-electron chi connectivity index (χ0n) is 12.3. The van der Waals surface area contributed by atoms with Crippen LogP contribution in [0.15, 0.2) is 35.2 Å². The maximum absolute atomic E-state index is 12.6. The number of aliphatic hydroxyl groups is 1. The summed E-state index contributed by atoms with van der Waals surface area (Å²) in [6.07, 6.45) is 0. The first-order chi connectivity index (χ1) is 11.0. The number of imide groups is 1. The normalized spacial score (nSPS) is 22.6. The number of sulfonamides is 1. The second-order valence-corrected chi connectivity index (χ2v) is 7.32. The van der Waals surface area contributed by atoms with Crippen LogP contribution in [-0.4, -0.2) is 78.4 Å². The summed E-state index contributed by atoms with van der Waals surface area (Å²) in [5.41, 5.74) is 0. The van der Waals surface area contributed by atoms with Gasteiger partial charge in [0, 0.05) is 19.6 Å². The van der Waals surface area contributed by atoms with E-state index < -0.39 is 28.0 Å². The number of aliphatic hydroxyl groups excluding tert-OH is 1. The van der Waals surface area contributed by atoms with Gasteiger partial charge in [-0.05, 0) is 12.1 Å². The van der Waals surface area contributed by atoms with Gasteiger partial charge in [0.1, 0.15) is 6.04 Å². The Morgan fingerprint density at radius 3 is 2.48 bits per heavy atom. The quantitative estimate of drug-likeness (QED) is 0.733. The molecule has 2 fully saturated rings. The number of benzene rings is 1. The number of rotatable bonds is 4. The van der Waals surface area contributed by atoms with Gasteiger partial charge in [-0.3, -0.25) is 9.69 Å². The van der Waals surface area contributed by atoms with Crippen LogP contribution in [-0.2, 0) is 14.8 Å². The van der Waals surface area contributed by atoms with Crippen LogP contribution >= 0.6 is 0 Å². The van der Waals surface area contributed by atoms with E-state index in [4.69, 9.17) is 5.11 Å². The summed E-state index contributed by atoms with van der Waals surface area (Å²) in [6.45, 7) is -0.160. The van der Waals surface area contributed by atoms with E-state index in [1.54, 1.807) is 18.2 Å². The van der Waals surface area contributed by atoms with Crippen LogP contribution in [0.4, 0.5) is 4.79 Å². The second kappa shape index (κ2) is 5.91. The molecule has 2 aliphatic rings. The Bertz CT molecular complexity index is 721. The summed E-state index contributed by atoms with van der Waals surface area (Å²) in [6, 6.07) is 6.71. The van der Waals surface area contributed by atoms with Gasteiger partial charge in [0.25, 0.3) is 5.91 Å². The number of fused-ring (bicyclic) bond motifs is 1. The lowest BCUT2D eigenvalue weighted by atomic mass is 10.2. The third kappa shape index (κ3) is 2.60. The highest BCUT2D eigenvalue weighted by Gasteiger charge is 2.49. The van der Waals surface area contributed by atoms with Crippen molar-refractivity contribution in [3.05, 3.63) is 30.3 Å². The Kier molecular flexibility index (Phi) is 4.09. The summed E-state index contributed by atoms with van der Waals surface area (Å²) in [5.74, 6) is -0.461. The fourth-order valence-corrected chi connectivity index (χ4v) is 4.35. The fraction of sp³-hybridized carbons (Fsp3) is 0.429. The van der Waals surface area contributed by atoms with Crippen LogP contribution < -0.4 is 0 Å². The van der Waals surface area contributed by atoms with Crippen LogP contribution in [0.1, 0.15) is 0 Å². The lowest BCUT2D eigenvalue weighted by molar-refractivity contribution is -0.129. The van der Waals surface area contributed by atoms with Crippen molar-refractivity contribution in [2.45, 2.75) is 10.9 Å². The van der Waals surface area contributed by atoms with Crippen LogP contribution in [0.3, 0.4) is 0 Å². The van der Waals surface area contributed by atoms with Crippen molar-refractivity contribution in [1.29, 1.82) is 0 Å². The number of carbonyl (C=O) groups excluding carboxylic acids is 2. The molecule has 9 heteroatoms. The second-order valence-electron chi connectivity index (χ2n) is 5.38. The molecule has 0 saturated carbocycles. The molecular formula is C14H17N3O5S. The number of amides is 3. The maximum Gasteiger partial charge on any atom is 0.327 e. The van der Waals surface area contributed by atoms with E-state index in [-0.39, 0.29) is 37.7 Å². The number of hydrogen-bond donors (Lipinski definition) is 1. The molecular weight excluding hydrogens is 322 g/mol. The van der Waals surface area contributed by atoms with E-state index in [2.05, 4.69) is 0 Å². The Hall–Kier alpha value is -1.97. The molecule has 1 aromatic rings. The van der Waals surface area contributed by atoms with E-state index in [0.717, 1.165) is 4.90 Å². The molecule has 23 heavy (non-hydrogen) atoms. The molecule has 0 bridgehead atoms.